The number of halogens is 2. The van der Waals surface area contributed by atoms with E-state index in [0.29, 0.717) is 22.2 Å². The molecule has 6 rings (SSSR count). The number of rotatable bonds is 4. The van der Waals surface area contributed by atoms with Crippen LogP contribution in [-0.4, -0.2) is 24.5 Å². The summed E-state index contributed by atoms with van der Waals surface area (Å²) in [6.45, 7) is 0. The van der Waals surface area contributed by atoms with E-state index in [4.69, 9.17) is 5.26 Å². The van der Waals surface area contributed by atoms with E-state index in [9.17, 15) is 8.78 Å². The third-order valence-electron chi connectivity index (χ3n) is 6.07. The van der Waals surface area contributed by atoms with Gasteiger partial charge in [0.1, 0.15) is 45.3 Å². The number of nitriles is 1. The highest BCUT2D eigenvalue weighted by Crippen LogP contribution is 2.37. The molecule has 0 unspecified atom stereocenters. The van der Waals surface area contributed by atoms with Crippen molar-refractivity contribution in [3.05, 3.63) is 77.9 Å². The van der Waals surface area contributed by atoms with Gasteiger partial charge in [-0.15, -0.1) is 0 Å². The van der Waals surface area contributed by atoms with Crippen molar-refractivity contribution in [3.63, 3.8) is 0 Å². The van der Waals surface area contributed by atoms with Crippen molar-refractivity contribution in [1.82, 2.24) is 17.5 Å². The fraction of sp³-hybridized carbons (Fsp3) is 0.0385. The Labute approximate surface area is 212 Å². The molecule has 0 radical (unpaired) electrons. The number of nitrogens with zero attached hydrogens (tertiary/aromatic N) is 5. The molecule has 0 bridgehead atoms. The number of anilines is 1. The average Bonchev–Trinajstić information content (AvgIpc) is 3.58. The van der Waals surface area contributed by atoms with E-state index in [-0.39, 0.29) is 0 Å². The smallest absolute Gasteiger partial charge is 0.144 e. The fourth-order valence-corrected chi connectivity index (χ4v) is 5.45. The second-order valence-corrected chi connectivity index (χ2v) is 9.06. The van der Waals surface area contributed by atoms with E-state index in [1.54, 1.807) is 12.1 Å². The molecule has 4 aromatic carbocycles. The molecule has 0 saturated heterocycles. The second-order valence-electron chi connectivity index (χ2n) is 8.00. The van der Waals surface area contributed by atoms with Crippen LogP contribution in [0.1, 0.15) is 5.56 Å². The van der Waals surface area contributed by atoms with Gasteiger partial charge in [-0.25, -0.2) is 8.78 Å². The zero-order chi connectivity index (χ0) is 24.8. The number of aromatic nitrogens is 4. The SMILES string of the molecule is CNc1ccc(-c2ccc(-c3ccc(-c4cc(F)c(C#N)c(F)c4)c4nsnc34)cc2)c2nsnc12. The Kier molecular flexibility index (Phi) is 5.36. The Bertz CT molecular complexity index is 1800. The lowest BCUT2D eigenvalue weighted by Gasteiger charge is -2.10. The highest BCUT2D eigenvalue weighted by atomic mass is 32.1. The van der Waals surface area contributed by atoms with Crippen molar-refractivity contribution in [2.24, 2.45) is 0 Å². The van der Waals surface area contributed by atoms with Crippen molar-refractivity contribution < 1.29 is 8.78 Å². The van der Waals surface area contributed by atoms with Gasteiger partial charge < -0.3 is 5.32 Å². The molecule has 2 aromatic heterocycles. The van der Waals surface area contributed by atoms with Gasteiger partial charge in [0.05, 0.1) is 29.1 Å². The summed E-state index contributed by atoms with van der Waals surface area (Å²) in [5.41, 5.74) is 7.82. The van der Waals surface area contributed by atoms with E-state index in [1.807, 2.05) is 49.5 Å². The highest BCUT2D eigenvalue weighted by Gasteiger charge is 2.18. The van der Waals surface area contributed by atoms with Crippen LogP contribution < -0.4 is 5.32 Å². The van der Waals surface area contributed by atoms with Gasteiger partial charge in [0.15, 0.2) is 0 Å². The van der Waals surface area contributed by atoms with Crippen LogP contribution in [0.5, 0.6) is 0 Å². The van der Waals surface area contributed by atoms with Gasteiger partial charge in [-0.05, 0) is 41.0 Å². The topological polar surface area (TPSA) is 87.4 Å². The standard InChI is InChI=1S/C26H14F2N6S2/c1-30-22-9-8-17(25-26(22)34-36-33-25)14-4-2-13(3-5-14)16-6-7-18(24-23(16)31-35-32-24)15-10-20(27)19(12-29)21(28)11-15/h2-11,30H,1H3. The first kappa shape index (κ1) is 22.2. The number of hydrogen-bond acceptors (Lipinski definition) is 8. The summed E-state index contributed by atoms with van der Waals surface area (Å²) < 4.78 is 46.3. The zero-order valence-electron chi connectivity index (χ0n) is 18.6. The predicted octanol–water partition coefficient (Wildman–Crippen LogP) is 6.89. The van der Waals surface area contributed by atoms with Crippen LogP contribution in [0, 0.1) is 23.0 Å². The van der Waals surface area contributed by atoms with Crippen LogP contribution in [0.25, 0.3) is 55.4 Å². The monoisotopic (exact) mass is 512 g/mol. The van der Waals surface area contributed by atoms with Crippen LogP contribution in [0.3, 0.4) is 0 Å². The Hall–Kier alpha value is -4.33. The third kappa shape index (κ3) is 3.48. The van der Waals surface area contributed by atoms with Gasteiger partial charge in [0.2, 0.25) is 0 Å². The third-order valence-corrected chi connectivity index (χ3v) is 7.13. The van der Waals surface area contributed by atoms with Crippen LogP contribution >= 0.6 is 23.5 Å². The van der Waals surface area contributed by atoms with Gasteiger partial charge in [0.25, 0.3) is 0 Å². The summed E-state index contributed by atoms with van der Waals surface area (Å²) in [7, 11) is 1.86. The minimum Gasteiger partial charge on any atom is -0.386 e. The number of benzene rings is 4. The van der Waals surface area contributed by atoms with Crippen molar-refractivity contribution in [1.29, 1.82) is 5.26 Å². The zero-order valence-corrected chi connectivity index (χ0v) is 20.2. The Morgan fingerprint density at radius 2 is 1.11 bits per heavy atom. The van der Waals surface area contributed by atoms with E-state index >= 15 is 0 Å². The maximum Gasteiger partial charge on any atom is 0.144 e. The maximum atomic E-state index is 14.3. The summed E-state index contributed by atoms with van der Waals surface area (Å²) >= 11 is 2.21. The highest BCUT2D eigenvalue weighted by molar-refractivity contribution is 7.00. The summed E-state index contributed by atoms with van der Waals surface area (Å²) in [6, 6.07) is 19.6. The van der Waals surface area contributed by atoms with Gasteiger partial charge in [-0.2, -0.15) is 22.8 Å². The molecular weight excluding hydrogens is 498 g/mol. The largest absolute Gasteiger partial charge is 0.386 e. The molecule has 0 aliphatic rings. The molecule has 174 valence electrons. The van der Waals surface area contributed by atoms with Gasteiger partial charge in [-0.3, -0.25) is 0 Å². The van der Waals surface area contributed by atoms with Crippen molar-refractivity contribution >= 4 is 51.2 Å². The summed E-state index contributed by atoms with van der Waals surface area (Å²) in [5.74, 6) is -1.81. The normalized spacial score (nSPS) is 11.2. The quantitative estimate of drug-likeness (QED) is 0.277. The lowest BCUT2D eigenvalue weighted by Crippen LogP contribution is -1.93. The molecular formula is C26H14F2N6S2. The molecule has 6 aromatic rings. The molecule has 0 amide bonds. The summed E-state index contributed by atoms with van der Waals surface area (Å²) in [6.07, 6.45) is 0. The average molecular weight is 513 g/mol. The first-order valence-corrected chi connectivity index (χ1v) is 12.2. The molecule has 1 N–H and O–H groups in total. The fourth-order valence-electron chi connectivity index (χ4n) is 4.30. The van der Waals surface area contributed by atoms with Gasteiger partial charge in [-0.1, -0.05) is 36.4 Å². The molecule has 10 heteroatoms. The van der Waals surface area contributed by atoms with Gasteiger partial charge in [0, 0.05) is 23.7 Å². The molecule has 6 nitrogen and oxygen atoms in total. The van der Waals surface area contributed by atoms with Gasteiger partial charge >= 0.3 is 0 Å². The minimum atomic E-state index is -0.907. The Morgan fingerprint density at radius 3 is 1.61 bits per heavy atom. The summed E-state index contributed by atoms with van der Waals surface area (Å²) in [5, 5.41) is 12.1. The second kappa shape index (κ2) is 8.71. The Morgan fingerprint density at radius 1 is 0.667 bits per heavy atom. The van der Waals surface area contributed by atoms with Crippen LogP contribution in [-0.2, 0) is 0 Å². The molecule has 0 saturated carbocycles. The molecule has 0 atom stereocenters. The first-order valence-electron chi connectivity index (χ1n) is 10.8. The van der Waals surface area contributed by atoms with E-state index in [1.165, 1.54) is 11.7 Å². The molecule has 0 aliphatic heterocycles. The molecule has 36 heavy (non-hydrogen) atoms. The van der Waals surface area contributed by atoms with E-state index in [0.717, 1.165) is 62.8 Å². The van der Waals surface area contributed by atoms with Crippen LogP contribution in [0.15, 0.2) is 60.7 Å². The number of hydrogen-bond donors (Lipinski definition) is 1. The molecule has 0 fully saturated rings. The first-order chi connectivity index (χ1) is 17.6. The van der Waals surface area contributed by atoms with E-state index in [2.05, 4.69) is 22.8 Å². The molecule has 0 aliphatic carbocycles. The van der Waals surface area contributed by atoms with Crippen LogP contribution in [0.2, 0.25) is 0 Å². The van der Waals surface area contributed by atoms with Crippen LogP contribution in [0.4, 0.5) is 14.5 Å². The predicted molar refractivity (Wildman–Crippen MR) is 139 cm³/mol. The number of fused-ring (bicyclic) bond motifs is 2. The maximum absolute atomic E-state index is 14.3. The Balaban J connectivity index is 1.42. The minimum absolute atomic E-state index is 0.300. The molecule has 0 spiro atoms. The van der Waals surface area contributed by atoms with E-state index < -0.39 is 17.2 Å². The van der Waals surface area contributed by atoms with Crippen molar-refractivity contribution in [2.45, 2.75) is 0 Å². The lowest BCUT2D eigenvalue weighted by molar-refractivity contribution is 0.578. The van der Waals surface area contributed by atoms with Crippen molar-refractivity contribution in [3.8, 4) is 39.4 Å². The lowest BCUT2D eigenvalue weighted by atomic mass is 9.95. The van der Waals surface area contributed by atoms with Crippen molar-refractivity contribution in [2.75, 3.05) is 12.4 Å². The number of nitrogens with one attached hydrogen (secondary N) is 1. The summed E-state index contributed by atoms with van der Waals surface area (Å²) in [4.78, 5) is 0. The molecule has 2 heterocycles.